The Bertz CT molecular complexity index is 612. The van der Waals surface area contributed by atoms with Crippen molar-refractivity contribution in [2.24, 2.45) is 0 Å². The molecule has 1 saturated heterocycles. The standard InChI is InChI=1S/C18H23NO4/c1-12(20)23-15-8-9-18(11-17(21)19(2)16(18)10-15)13-4-6-14(22-3)7-5-13/h4-7,15-16H,8-11H2,1-3H3/t15-,16+,18+/m1/s1. The van der Waals surface area contributed by atoms with E-state index < -0.39 is 0 Å². The maximum Gasteiger partial charge on any atom is 0.302 e. The number of likely N-dealkylation sites (tertiary alicyclic amines) is 1. The topological polar surface area (TPSA) is 55.8 Å². The number of likely N-dealkylation sites (N-methyl/N-ethyl adjacent to an activating group) is 1. The fourth-order valence-corrected chi connectivity index (χ4v) is 4.18. The Hall–Kier alpha value is -2.04. The minimum atomic E-state index is -0.251. The van der Waals surface area contributed by atoms with Crippen LogP contribution in [0.4, 0.5) is 0 Å². The van der Waals surface area contributed by atoms with Gasteiger partial charge >= 0.3 is 5.97 Å². The highest BCUT2D eigenvalue weighted by atomic mass is 16.5. The second-order valence-corrected chi connectivity index (χ2v) is 6.59. The molecule has 5 heteroatoms. The number of amides is 1. The Balaban J connectivity index is 1.91. The average Bonchev–Trinajstić information content (AvgIpc) is 2.79. The lowest BCUT2D eigenvalue weighted by molar-refractivity contribution is -0.149. The summed E-state index contributed by atoms with van der Waals surface area (Å²) in [5, 5.41) is 0. The third-order valence-electron chi connectivity index (χ3n) is 5.36. The summed E-state index contributed by atoms with van der Waals surface area (Å²) in [5.41, 5.74) is 0.983. The summed E-state index contributed by atoms with van der Waals surface area (Å²) >= 11 is 0. The van der Waals surface area contributed by atoms with Crippen molar-refractivity contribution in [1.82, 2.24) is 4.90 Å². The van der Waals surface area contributed by atoms with Gasteiger partial charge in [-0.25, -0.2) is 0 Å². The Morgan fingerprint density at radius 1 is 1.30 bits per heavy atom. The van der Waals surface area contributed by atoms with E-state index in [2.05, 4.69) is 12.1 Å². The Kier molecular flexibility index (Phi) is 4.04. The monoisotopic (exact) mass is 317 g/mol. The molecule has 3 atom stereocenters. The zero-order valence-corrected chi connectivity index (χ0v) is 13.9. The minimum Gasteiger partial charge on any atom is -0.497 e. The third kappa shape index (κ3) is 2.69. The summed E-state index contributed by atoms with van der Waals surface area (Å²) in [6.45, 7) is 1.44. The van der Waals surface area contributed by atoms with E-state index in [9.17, 15) is 9.59 Å². The SMILES string of the molecule is COc1ccc([C@@]23CC[C@@H](OC(C)=O)C[C@@H]2N(C)C(=O)C3)cc1. The number of rotatable bonds is 3. The lowest BCUT2D eigenvalue weighted by atomic mass is 9.65. The summed E-state index contributed by atoms with van der Waals surface area (Å²) in [6.07, 6.45) is 2.76. The van der Waals surface area contributed by atoms with Crippen LogP contribution in [-0.2, 0) is 19.7 Å². The van der Waals surface area contributed by atoms with Gasteiger partial charge in [0, 0.05) is 38.3 Å². The fraction of sp³-hybridized carbons (Fsp3) is 0.556. The number of fused-ring (bicyclic) bond motifs is 1. The molecule has 3 rings (SSSR count). The molecule has 0 unspecified atom stereocenters. The average molecular weight is 317 g/mol. The second-order valence-electron chi connectivity index (χ2n) is 6.59. The van der Waals surface area contributed by atoms with Crippen molar-refractivity contribution in [3.63, 3.8) is 0 Å². The molecular weight excluding hydrogens is 294 g/mol. The first-order valence-corrected chi connectivity index (χ1v) is 8.03. The maximum atomic E-state index is 12.4. The van der Waals surface area contributed by atoms with E-state index in [0.29, 0.717) is 12.8 Å². The zero-order valence-electron chi connectivity index (χ0n) is 13.9. The molecule has 0 spiro atoms. The largest absolute Gasteiger partial charge is 0.497 e. The van der Waals surface area contributed by atoms with Crippen molar-refractivity contribution in [1.29, 1.82) is 0 Å². The van der Waals surface area contributed by atoms with Gasteiger partial charge < -0.3 is 14.4 Å². The van der Waals surface area contributed by atoms with E-state index in [4.69, 9.17) is 9.47 Å². The van der Waals surface area contributed by atoms with Gasteiger partial charge in [0.25, 0.3) is 0 Å². The molecule has 5 nitrogen and oxygen atoms in total. The molecule has 1 aromatic rings. The summed E-state index contributed by atoms with van der Waals surface area (Å²) < 4.78 is 10.6. The molecular formula is C18H23NO4. The fourth-order valence-electron chi connectivity index (χ4n) is 4.18. The highest BCUT2D eigenvalue weighted by molar-refractivity contribution is 5.81. The van der Waals surface area contributed by atoms with E-state index in [-0.39, 0.29) is 29.4 Å². The molecule has 23 heavy (non-hydrogen) atoms. The van der Waals surface area contributed by atoms with Crippen LogP contribution in [0.1, 0.15) is 38.2 Å². The van der Waals surface area contributed by atoms with Gasteiger partial charge in [-0.15, -0.1) is 0 Å². The molecule has 1 heterocycles. The lowest BCUT2D eigenvalue weighted by Crippen LogP contribution is -2.48. The minimum absolute atomic E-state index is 0.0708. The van der Waals surface area contributed by atoms with E-state index in [1.165, 1.54) is 12.5 Å². The summed E-state index contributed by atoms with van der Waals surface area (Å²) in [4.78, 5) is 25.5. The number of hydrogen-bond donors (Lipinski definition) is 0. The molecule has 0 radical (unpaired) electrons. The van der Waals surface area contributed by atoms with Crippen molar-refractivity contribution in [3.05, 3.63) is 29.8 Å². The van der Waals surface area contributed by atoms with Crippen LogP contribution in [0.2, 0.25) is 0 Å². The second kappa shape index (κ2) is 5.87. The van der Waals surface area contributed by atoms with Crippen molar-refractivity contribution in [3.8, 4) is 5.75 Å². The highest BCUT2D eigenvalue weighted by Gasteiger charge is 2.54. The number of ether oxygens (including phenoxy) is 2. The Labute approximate surface area is 136 Å². The molecule has 0 bridgehead atoms. The molecule has 124 valence electrons. The number of benzene rings is 1. The van der Waals surface area contributed by atoms with Gasteiger partial charge in [0.15, 0.2) is 0 Å². The predicted molar refractivity (Wildman–Crippen MR) is 85.3 cm³/mol. The van der Waals surface area contributed by atoms with Gasteiger partial charge in [-0.3, -0.25) is 9.59 Å². The highest BCUT2D eigenvalue weighted by Crippen LogP contribution is 2.49. The van der Waals surface area contributed by atoms with Crippen LogP contribution in [0.25, 0.3) is 0 Å². The zero-order chi connectivity index (χ0) is 16.6. The molecule has 2 fully saturated rings. The van der Waals surface area contributed by atoms with Gasteiger partial charge in [-0.1, -0.05) is 12.1 Å². The smallest absolute Gasteiger partial charge is 0.302 e. The van der Waals surface area contributed by atoms with Crippen LogP contribution in [0.3, 0.4) is 0 Å². The van der Waals surface area contributed by atoms with Gasteiger partial charge in [0.1, 0.15) is 11.9 Å². The molecule has 0 N–H and O–H groups in total. The Morgan fingerprint density at radius 2 is 2.00 bits per heavy atom. The normalized spacial score (nSPS) is 30.0. The van der Waals surface area contributed by atoms with Gasteiger partial charge in [0.05, 0.1) is 7.11 Å². The quantitative estimate of drug-likeness (QED) is 0.803. The van der Waals surface area contributed by atoms with E-state index in [1.54, 1.807) is 7.11 Å². The van der Waals surface area contributed by atoms with Crippen molar-refractivity contribution in [2.75, 3.05) is 14.2 Å². The van der Waals surface area contributed by atoms with E-state index >= 15 is 0 Å². The molecule has 2 aliphatic rings. The van der Waals surface area contributed by atoms with Crippen LogP contribution in [-0.4, -0.2) is 43.1 Å². The van der Waals surface area contributed by atoms with Crippen LogP contribution >= 0.6 is 0 Å². The van der Waals surface area contributed by atoms with Crippen LogP contribution < -0.4 is 4.74 Å². The van der Waals surface area contributed by atoms with Gasteiger partial charge in [0.2, 0.25) is 5.91 Å². The van der Waals surface area contributed by atoms with Crippen LogP contribution in [0, 0.1) is 0 Å². The summed E-state index contributed by atoms with van der Waals surface area (Å²) in [7, 11) is 3.50. The number of methoxy groups -OCH3 is 1. The predicted octanol–water partition coefficient (Wildman–Crippen LogP) is 2.28. The van der Waals surface area contributed by atoms with E-state index in [1.807, 2.05) is 24.1 Å². The van der Waals surface area contributed by atoms with Crippen LogP contribution in [0.5, 0.6) is 5.75 Å². The molecule has 1 saturated carbocycles. The molecule has 1 aromatic carbocycles. The molecule has 1 aliphatic heterocycles. The van der Waals surface area contributed by atoms with Gasteiger partial charge in [-0.2, -0.15) is 0 Å². The third-order valence-corrected chi connectivity index (χ3v) is 5.36. The first kappa shape index (κ1) is 15.8. The lowest BCUT2D eigenvalue weighted by Gasteiger charge is -2.43. The summed E-state index contributed by atoms with van der Waals surface area (Å²) in [5.74, 6) is 0.723. The molecule has 1 aliphatic carbocycles. The molecule has 1 amide bonds. The number of carbonyl (C=O) groups excluding carboxylic acids is 2. The molecule has 0 aromatic heterocycles. The Morgan fingerprint density at radius 3 is 2.61 bits per heavy atom. The number of esters is 1. The van der Waals surface area contributed by atoms with Crippen molar-refractivity contribution >= 4 is 11.9 Å². The van der Waals surface area contributed by atoms with Crippen molar-refractivity contribution < 1.29 is 19.1 Å². The number of carbonyl (C=O) groups is 2. The number of hydrogen-bond acceptors (Lipinski definition) is 4. The number of nitrogens with zero attached hydrogens (tertiary/aromatic N) is 1. The first-order chi connectivity index (χ1) is 11.0. The summed E-state index contributed by atoms with van der Waals surface area (Å²) in [6, 6.07) is 8.08. The first-order valence-electron chi connectivity index (χ1n) is 8.03. The van der Waals surface area contributed by atoms with E-state index in [0.717, 1.165) is 18.6 Å². The van der Waals surface area contributed by atoms with Gasteiger partial charge in [-0.05, 0) is 30.5 Å². The van der Waals surface area contributed by atoms with Crippen LogP contribution in [0.15, 0.2) is 24.3 Å². The van der Waals surface area contributed by atoms with Crippen molar-refractivity contribution in [2.45, 2.75) is 50.2 Å². The maximum absolute atomic E-state index is 12.4.